The van der Waals surface area contributed by atoms with Crippen molar-refractivity contribution in [3.05, 3.63) is 46.3 Å². The number of amides is 3. The number of hydrogen-bond acceptors (Lipinski definition) is 8. The number of carbonyl (C=O) groups is 3. The van der Waals surface area contributed by atoms with Crippen LogP contribution < -0.4 is 0 Å². The molecule has 0 saturated carbocycles. The van der Waals surface area contributed by atoms with E-state index in [2.05, 4.69) is 4.74 Å². The van der Waals surface area contributed by atoms with Crippen molar-refractivity contribution in [3.8, 4) is 5.75 Å². The molecule has 2 aliphatic rings. The van der Waals surface area contributed by atoms with Crippen LogP contribution in [-0.2, 0) is 19.1 Å². The van der Waals surface area contributed by atoms with E-state index >= 15 is 0 Å². The molecule has 10 heteroatoms. The number of allylic oxidation sites excluding steroid dienone is 1. The summed E-state index contributed by atoms with van der Waals surface area (Å²) < 4.78 is 23.5. The minimum atomic E-state index is -1.08. The second-order valence-corrected chi connectivity index (χ2v) is 8.86. The first-order chi connectivity index (χ1) is 16.6. The molecule has 0 bridgehead atoms. The Bertz CT molecular complexity index is 1070. The maximum atomic E-state index is 13.6. The highest BCUT2D eigenvalue weighted by Crippen LogP contribution is 2.46. The lowest BCUT2D eigenvalue weighted by atomic mass is 9.68. The fraction of sp³-hybridized carbons (Fsp3) is 0.480. The number of halogens is 1. The third-order valence-electron chi connectivity index (χ3n) is 6.61. The van der Waals surface area contributed by atoms with E-state index in [9.17, 15) is 34.1 Å². The van der Waals surface area contributed by atoms with Crippen LogP contribution in [0, 0.1) is 23.6 Å². The number of benzene rings is 1. The van der Waals surface area contributed by atoms with E-state index in [4.69, 9.17) is 4.74 Å². The van der Waals surface area contributed by atoms with Crippen molar-refractivity contribution < 1.29 is 43.6 Å². The van der Waals surface area contributed by atoms with E-state index in [0.717, 1.165) is 12.7 Å². The second kappa shape index (κ2) is 11.1. The Balaban J connectivity index is 1.84. The van der Waals surface area contributed by atoms with Gasteiger partial charge in [0.05, 0.1) is 38.3 Å². The Morgan fingerprint density at radius 2 is 2.00 bits per heavy atom. The lowest BCUT2D eigenvalue weighted by molar-refractivity contribution is -0.137. The number of methoxy groups -OCH3 is 2. The van der Waals surface area contributed by atoms with Crippen LogP contribution in [-0.4, -0.2) is 71.7 Å². The van der Waals surface area contributed by atoms with Gasteiger partial charge < -0.3 is 24.8 Å². The van der Waals surface area contributed by atoms with Crippen LogP contribution in [0.3, 0.4) is 0 Å². The van der Waals surface area contributed by atoms with Gasteiger partial charge in [0, 0.05) is 13.0 Å². The third-order valence-corrected chi connectivity index (χ3v) is 6.61. The van der Waals surface area contributed by atoms with Crippen molar-refractivity contribution in [2.45, 2.75) is 32.3 Å². The normalized spacial score (nSPS) is 23.5. The number of phenols is 1. The molecule has 190 valence electrons. The molecular formula is C25H30FNO8. The minimum absolute atomic E-state index is 0.0907. The van der Waals surface area contributed by atoms with Crippen LogP contribution in [0.1, 0.15) is 31.7 Å². The molecule has 3 N–H and O–H groups in total. The van der Waals surface area contributed by atoms with E-state index in [1.54, 1.807) is 12.1 Å². The van der Waals surface area contributed by atoms with Gasteiger partial charge in [0.2, 0.25) is 11.8 Å². The molecule has 1 aromatic carbocycles. The lowest BCUT2D eigenvalue weighted by Crippen LogP contribution is -2.40. The molecule has 0 unspecified atom stereocenters. The molecular weight excluding hydrogens is 461 g/mol. The molecule has 3 rings (SSSR count). The number of aliphatic hydroxyl groups is 2. The average molecular weight is 492 g/mol. The van der Waals surface area contributed by atoms with Crippen molar-refractivity contribution in [3.63, 3.8) is 0 Å². The predicted octanol–water partition coefficient (Wildman–Crippen LogP) is 2.40. The van der Waals surface area contributed by atoms with Gasteiger partial charge in [0.25, 0.3) is 0 Å². The van der Waals surface area contributed by atoms with Crippen LogP contribution in [0.5, 0.6) is 5.75 Å². The number of likely N-dealkylation sites (tertiary alicyclic amines) is 1. The largest absolute Gasteiger partial charge is 0.505 e. The number of fused-ring (bicyclic) bond motifs is 1. The smallest absolute Gasteiger partial charge is 0.423 e. The third kappa shape index (κ3) is 5.29. The number of aliphatic hydroxyl groups excluding tert-OH is 2. The van der Waals surface area contributed by atoms with Crippen LogP contribution in [0.4, 0.5) is 9.18 Å². The highest BCUT2D eigenvalue weighted by Gasteiger charge is 2.57. The number of nitrogens with zero attached hydrogens (tertiary/aromatic N) is 1. The van der Waals surface area contributed by atoms with Gasteiger partial charge in [-0.15, -0.1) is 0 Å². The molecule has 0 radical (unpaired) electrons. The SMILES string of the molecule is COCC1=C([C@H](O)CC/C(C)=C/c2ccc(O)c(F)c2)[C@H](CO)[C@@H]2C(=O)N(C(=O)OC)C(=O)[C@@H]2C1. The fourth-order valence-electron chi connectivity index (χ4n) is 5.03. The van der Waals surface area contributed by atoms with Crippen LogP contribution >= 0.6 is 0 Å². The molecule has 1 heterocycles. The maximum Gasteiger partial charge on any atom is 0.423 e. The lowest BCUT2D eigenvalue weighted by Gasteiger charge is -2.36. The molecule has 1 fully saturated rings. The van der Waals surface area contributed by atoms with Gasteiger partial charge in [-0.25, -0.2) is 9.18 Å². The molecule has 0 aromatic heterocycles. The summed E-state index contributed by atoms with van der Waals surface area (Å²) in [4.78, 5) is 38.3. The predicted molar refractivity (Wildman–Crippen MR) is 122 cm³/mol. The van der Waals surface area contributed by atoms with Crippen LogP contribution in [0.25, 0.3) is 6.08 Å². The second-order valence-electron chi connectivity index (χ2n) is 8.86. The summed E-state index contributed by atoms with van der Waals surface area (Å²) in [6, 6.07) is 4.02. The number of phenolic OH excluding ortho intramolecular Hbond substituents is 1. The molecule has 1 aliphatic carbocycles. The highest BCUT2D eigenvalue weighted by atomic mass is 19.1. The Morgan fingerprint density at radius 3 is 2.60 bits per heavy atom. The zero-order chi connectivity index (χ0) is 25.9. The summed E-state index contributed by atoms with van der Waals surface area (Å²) in [5.74, 6) is -5.33. The van der Waals surface area contributed by atoms with E-state index in [0.29, 0.717) is 28.0 Å². The zero-order valence-electron chi connectivity index (χ0n) is 19.9. The standard InChI is InChI=1S/C25H30FNO8/c1-13(8-14-5-7-19(29)18(26)9-14)4-6-20(30)21-15(12-34-2)10-16-22(17(21)11-28)24(32)27(23(16)31)25(33)35-3/h5,7-9,16-17,20,22,28-30H,4,6,10-12H2,1-3H3/b13-8+/t16-,17+,20-,22-/m1/s1. The summed E-state index contributed by atoms with van der Waals surface area (Å²) in [5.41, 5.74) is 2.43. The van der Waals surface area contributed by atoms with E-state index in [-0.39, 0.29) is 19.4 Å². The Kier molecular flexibility index (Phi) is 8.42. The Hall–Kier alpha value is -3.08. The molecule has 1 aromatic rings. The van der Waals surface area contributed by atoms with E-state index in [1.165, 1.54) is 19.2 Å². The number of rotatable bonds is 8. The van der Waals surface area contributed by atoms with Gasteiger partial charge in [-0.1, -0.05) is 17.7 Å². The number of hydrogen-bond donors (Lipinski definition) is 3. The summed E-state index contributed by atoms with van der Waals surface area (Å²) in [6.07, 6.45) is 0.374. The molecule has 3 amide bonds. The maximum absolute atomic E-state index is 13.6. The monoisotopic (exact) mass is 491 g/mol. The summed E-state index contributed by atoms with van der Waals surface area (Å²) in [6.45, 7) is 1.40. The first kappa shape index (κ1) is 26.5. The van der Waals surface area contributed by atoms with Crippen molar-refractivity contribution in [1.82, 2.24) is 4.90 Å². The van der Waals surface area contributed by atoms with Gasteiger partial charge in [-0.05, 0) is 55.0 Å². The fourth-order valence-corrected chi connectivity index (χ4v) is 5.03. The first-order valence-electron chi connectivity index (χ1n) is 11.3. The van der Waals surface area contributed by atoms with Gasteiger partial charge in [0.1, 0.15) is 0 Å². The summed E-state index contributed by atoms with van der Waals surface area (Å²) in [7, 11) is 2.53. The van der Waals surface area contributed by atoms with Crippen LogP contribution in [0.15, 0.2) is 34.9 Å². The average Bonchev–Trinajstić information content (AvgIpc) is 3.08. The number of carbonyl (C=O) groups excluding carboxylic acids is 3. The molecule has 1 saturated heterocycles. The van der Waals surface area contributed by atoms with E-state index < -0.39 is 59.9 Å². The van der Waals surface area contributed by atoms with Gasteiger partial charge >= 0.3 is 6.09 Å². The van der Waals surface area contributed by atoms with Crippen LogP contribution in [0.2, 0.25) is 0 Å². The molecule has 1 aliphatic heterocycles. The minimum Gasteiger partial charge on any atom is -0.505 e. The van der Waals surface area contributed by atoms with Crippen molar-refractivity contribution in [2.75, 3.05) is 27.4 Å². The van der Waals surface area contributed by atoms with Crippen molar-refractivity contribution >= 4 is 24.0 Å². The Labute approximate surface area is 202 Å². The highest BCUT2D eigenvalue weighted by molar-refractivity contribution is 6.16. The van der Waals surface area contributed by atoms with Gasteiger partial charge in [-0.2, -0.15) is 4.90 Å². The zero-order valence-corrected chi connectivity index (χ0v) is 19.9. The van der Waals surface area contributed by atoms with E-state index in [1.807, 2.05) is 6.92 Å². The van der Waals surface area contributed by atoms with Gasteiger partial charge in [0.15, 0.2) is 11.6 Å². The Morgan fingerprint density at radius 1 is 1.29 bits per heavy atom. The molecule has 4 atom stereocenters. The first-order valence-corrected chi connectivity index (χ1v) is 11.3. The molecule has 35 heavy (non-hydrogen) atoms. The summed E-state index contributed by atoms with van der Waals surface area (Å²) in [5, 5.41) is 30.7. The molecule has 0 spiro atoms. The number of ether oxygens (including phenoxy) is 2. The quantitative estimate of drug-likeness (QED) is 0.373. The van der Waals surface area contributed by atoms with Crippen molar-refractivity contribution in [1.29, 1.82) is 0 Å². The van der Waals surface area contributed by atoms with Crippen molar-refractivity contribution in [2.24, 2.45) is 17.8 Å². The summed E-state index contributed by atoms with van der Waals surface area (Å²) >= 11 is 0. The van der Waals surface area contributed by atoms with Gasteiger partial charge in [-0.3, -0.25) is 9.59 Å². The topological polar surface area (TPSA) is 134 Å². The number of aromatic hydroxyl groups is 1. The number of imide groups is 3. The molecule has 9 nitrogen and oxygen atoms in total.